The lowest BCUT2D eigenvalue weighted by Gasteiger charge is -2.00. The Morgan fingerprint density at radius 1 is 1.28 bits per heavy atom. The average Bonchev–Trinajstić information content (AvgIpc) is 2.83. The van der Waals surface area contributed by atoms with E-state index in [0.29, 0.717) is 0 Å². The van der Waals surface area contributed by atoms with E-state index in [1.807, 2.05) is 31.3 Å². The fraction of sp³-hybridized carbons (Fsp3) is 0.417. The quantitative estimate of drug-likeness (QED) is 0.856. The van der Waals surface area contributed by atoms with Gasteiger partial charge in [-0.25, -0.2) is 0 Å². The minimum Gasteiger partial charge on any atom is -0.318 e. The normalized spacial score (nSPS) is 10.8. The number of tetrazole rings is 1. The van der Waals surface area contributed by atoms with Gasteiger partial charge < -0.3 is 5.32 Å². The summed E-state index contributed by atoms with van der Waals surface area (Å²) in [5.74, 6) is 0.756. The third kappa shape index (κ3) is 3.51. The fourth-order valence-electron chi connectivity index (χ4n) is 1.63. The van der Waals surface area contributed by atoms with E-state index in [-0.39, 0.29) is 0 Å². The predicted molar refractivity (Wildman–Crippen MR) is 70.6 cm³/mol. The Bertz CT molecular complexity index is 497. The Labute approximate surface area is 111 Å². The third-order valence-electron chi connectivity index (χ3n) is 2.63. The highest BCUT2D eigenvalue weighted by Crippen LogP contribution is 2.16. The monoisotopic (exact) mass is 265 g/mol. The predicted octanol–water partition coefficient (Wildman–Crippen LogP) is 1.33. The maximum absolute atomic E-state index is 6.09. The number of aromatic nitrogens is 4. The zero-order chi connectivity index (χ0) is 12.8. The molecule has 0 amide bonds. The Balaban J connectivity index is 1.90. The molecule has 0 aliphatic carbocycles. The second kappa shape index (κ2) is 6.47. The maximum atomic E-state index is 6.09. The van der Waals surface area contributed by atoms with Gasteiger partial charge in [-0.1, -0.05) is 29.8 Å². The van der Waals surface area contributed by atoms with Crippen molar-refractivity contribution in [2.75, 3.05) is 13.6 Å². The van der Waals surface area contributed by atoms with Crippen LogP contribution in [0.5, 0.6) is 0 Å². The molecule has 6 heteroatoms. The third-order valence-corrected chi connectivity index (χ3v) is 3.00. The van der Waals surface area contributed by atoms with Crippen LogP contribution in [0.15, 0.2) is 24.3 Å². The maximum Gasteiger partial charge on any atom is 0.175 e. The van der Waals surface area contributed by atoms with E-state index in [1.54, 1.807) is 4.80 Å². The number of likely N-dealkylation sites (N-methyl/N-ethyl adjacent to an activating group) is 1. The van der Waals surface area contributed by atoms with E-state index in [0.717, 1.165) is 42.3 Å². The molecule has 0 bridgehead atoms. The minimum atomic E-state index is 0.732. The molecular weight excluding hydrogens is 250 g/mol. The van der Waals surface area contributed by atoms with E-state index < -0.39 is 0 Å². The van der Waals surface area contributed by atoms with Crippen molar-refractivity contribution in [3.63, 3.8) is 0 Å². The SMILES string of the molecule is CNCCn1nnc(CCc2ccccc2Cl)n1. The van der Waals surface area contributed by atoms with Crippen molar-refractivity contribution < 1.29 is 0 Å². The first-order valence-electron chi connectivity index (χ1n) is 5.94. The van der Waals surface area contributed by atoms with Gasteiger partial charge in [-0.2, -0.15) is 4.80 Å². The van der Waals surface area contributed by atoms with Crippen molar-refractivity contribution in [3.05, 3.63) is 40.7 Å². The Morgan fingerprint density at radius 2 is 2.11 bits per heavy atom. The molecule has 0 spiro atoms. The van der Waals surface area contributed by atoms with Crippen molar-refractivity contribution in [1.29, 1.82) is 0 Å². The lowest BCUT2D eigenvalue weighted by molar-refractivity contribution is 0.505. The van der Waals surface area contributed by atoms with Crippen LogP contribution in [0.3, 0.4) is 0 Å². The molecule has 0 fully saturated rings. The summed E-state index contributed by atoms with van der Waals surface area (Å²) in [6.45, 7) is 1.57. The molecule has 5 nitrogen and oxygen atoms in total. The fourth-order valence-corrected chi connectivity index (χ4v) is 1.86. The van der Waals surface area contributed by atoms with Gasteiger partial charge in [0.25, 0.3) is 0 Å². The summed E-state index contributed by atoms with van der Waals surface area (Å²) in [4.78, 5) is 1.61. The van der Waals surface area contributed by atoms with Crippen molar-refractivity contribution >= 4 is 11.6 Å². The molecule has 18 heavy (non-hydrogen) atoms. The van der Waals surface area contributed by atoms with Gasteiger partial charge in [0.2, 0.25) is 0 Å². The van der Waals surface area contributed by atoms with Crippen LogP contribution in [-0.2, 0) is 19.4 Å². The molecule has 1 aromatic carbocycles. The van der Waals surface area contributed by atoms with Crippen LogP contribution >= 0.6 is 11.6 Å². The van der Waals surface area contributed by atoms with Gasteiger partial charge in [0.1, 0.15) is 0 Å². The highest BCUT2D eigenvalue weighted by Gasteiger charge is 2.05. The van der Waals surface area contributed by atoms with Crippen LogP contribution in [-0.4, -0.2) is 33.8 Å². The summed E-state index contributed by atoms with van der Waals surface area (Å²) in [6.07, 6.45) is 1.58. The summed E-state index contributed by atoms with van der Waals surface area (Å²) in [7, 11) is 1.90. The molecule has 1 N–H and O–H groups in total. The molecule has 2 aromatic rings. The van der Waals surface area contributed by atoms with Crippen molar-refractivity contribution in [3.8, 4) is 0 Å². The van der Waals surface area contributed by atoms with Gasteiger partial charge in [-0.15, -0.1) is 10.2 Å². The van der Waals surface area contributed by atoms with Crippen molar-refractivity contribution in [2.24, 2.45) is 0 Å². The Kier molecular flexibility index (Phi) is 4.66. The number of nitrogens with zero attached hydrogens (tertiary/aromatic N) is 4. The van der Waals surface area contributed by atoms with E-state index in [1.165, 1.54) is 0 Å². The summed E-state index contributed by atoms with van der Waals surface area (Å²) in [5, 5.41) is 16.2. The van der Waals surface area contributed by atoms with Gasteiger partial charge in [-0.3, -0.25) is 0 Å². The Hall–Kier alpha value is -1.46. The van der Waals surface area contributed by atoms with Gasteiger partial charge in [0.05, 0.1) is 6.54 Å². The average molecular weight is 266 g/mol. The lowest BCUT2D eigenvalue weighted by Crippen LogP contribution is -2.16. The number of halogens is 1. The molecule has 0 aliphatic heterocycles. The van der Waals surface area contributed by atoms with Gasteiger partial charge in [0.15, 0.2) is 5.82 Å². The zero-order valence-corrected chi connectivity index (χ0v) is 11.1. The minimum absolute atomic E-state index is 0.732. The van der Waals surface area contributed by atoms with Crippen molar-refractivity contribution in [2.45, 2.75) is 19.4 Å². The molecule has 2 rings (SSSR count). The number of rotatable bonds is 6. The smallest absolute Gasteiger partial charge is 0.175 e. The second-order valence-electron chi connectivity index (χ2n) is 4.00. The van der Waals surface area contributed by atoms with E-state index in [2.05, 4.69) is 20.7 Å². The second-order valence-corrected chi connectivity index (χ2v) is 4.40. The molecule has 1 aromatic heterocycles. The molecule has 96 valence electrons. The topological polar surface area (TPSA) is 55.6 Å². The lowest BCUT2D eigenvalue weighted by atomic mass is 10.1. The molecule has 0 atom stereocenters. The van der Waals surface area contributed by atoms with Crippen LogP contribution < -0.4 is 5.32 Å². The number of hydrogen-bond donors (Lipinski definition) is 1. The van der Waals surface area contributed by atoms with Gasteiger partial charge in [0, 0.05) is 18.0 Å². The summed E-state index contributed by atoms with van der Waals surface area (Å²) < 4.78 is 0. The summed E-state index contributed by atoms with van der Waals surface area (Å²) in [6, 6.07) is 7.83. The molecule has 0 saturated carbocycles. The van der Waals surface area contributed by atoms with Crippen LogP contribution in [0.1, 0.15) is 11.4 Å². The van der Waals surface area contributed by atoms with Crippen molar-refractivity contribution in [1.82, 2.24) is 25.5 Å². The molecule has 1 heterocycles. The number of benzene rings is 1. The number of nitrogens with one attached hydrogen (secondary N) is 1. The first-order valence-corrected chi connectivity index (χ1v) is 6.32. The molecule has 0 saturated heterocycles. The molecule has 0 aliphatic rings. The highest BCUT2D eigenvalue weighted by atomic mass is 35.5. The van der Waals surface area contributed by atoms with E-state index in [4.69, 9.17) is 11.6 Å². The molecular formula is C12H16ClN5. The molecule has 0 unspecified atom stereocenters. The van der Waals surface area contributed by atoms with Crippen LogP contribution in [0, 0.1) is 0 Å². The van der Waals surface area contributed by atoms with Crippen LogP contribution in [0.4, 0.5) is 0 Å². The Morgan fingerprint density at radius 3 is 2.89 bits per heavy atom. The van der Waals surface area contributed by atoms with Gasteiger partial charge in [-0.05, 0) is 30.3 Å². The molecule has 0 radical (unpaired) electrons. The number of aryl methyl sites for hydroxylation is 2. The first-order chi connectivity index (χ1) is 8.79. The van der Waals surface area contributed by atoms with Crippen LogP contribution in [0.25, 0.3) is 0 Å². The summed E-state index contributed by atoms with van der Waals surface area (Å²) >= 11 is 6.09. The number of hydrogen-bond acceptors (Lipinski definition) is 4. The standard InChI is InChI=1S/C12H16ClN5/c1-14-8-9-18-16-12(15-17-18)7-6-10-4-2-3-5-11(10)13/h2-5,14H,6-9H2,1H3. The first kappa shape index (κ1) is 13.0. The van der Waals surface area contributed by atoms with Gasteiger partial charge >= 0.3 is 0 Å². The largest absolute Gasteiger partial charge is 0.318 e. The zero-order valence-electron chi connectivity index (χ0n) is 10.3. The summed E-state index contributed by atoms with van der Waals surface area (Å²) in [5.41, 5.74) is 1.12. The van der Waals surface area contributed by atoms with Crippen LogP contribution in [0.2, 0.25) is 5.02 Å². The van der Waals surface area contributed by atoms with E-state index in [9.17, 15) is 0 Å². The van der Waals surface area contributed by atoms with E-state index >= 15 is 0 Å². The highest BCUT2D eigenvalue weighted by molar-refractivity contribution is 6.31.